The van der Waals surface area contributed by atoms with Gasteiger partial charge in [0.15, 0.2) is 0 Å². The molecule has 3 atom stereocenters. The third-order valence-corrected chi connectivity index (χ3v) is 8.09. The Morgan fingerprint density at radius 1 is 1.14 bits per heavy atom. The quantitative estimate of drug-likeness (QED) is 0.249. The van der Waals surface area contributed by atoms with Gasteiger partial charge in [0.25, 0.3) is 0 Å². The lowest BCUT2D eigenvalue weighted by Gasteiger charge is -2.32. The lowest BCUT2D eigenvalue weighted by Crippen LogP contribution is -2.57. The lowest BCUT2D eigenvalue weighted by molar-refractivity contribution is -0.143. The molecule has 0 unspecified atom stereocenters. The summed E-state index contributed by atoms with van der Waals surface area (Å²) in [5.74, 6) is -0.747. The molecule has 4 rings (SSSR count). The molecule has 1 aliphatic rings. The van der Waals surface area contributed by atoms with Crippen molar-refractivity contribution in [3.05, 3.63) is 76.7 Å². The summed E-state index contributed by atoms with van der Waals surface area (Å²) in [6.45, 7) is 13.4. The summed E-state index contributed by atoms with van der Waals surface area (Å²) in [5, 5.41) is 6.74. The number of hydrogen-bond acceptors (Lipinski definition) is 7. The van der Waals surface area contributed by atoms with E-state index >= 15 is 0 Å². The zero-order valence-corrected chi connectivity index (χ0v) is 27.8. The first-order valence-corrected chi connectivity index (χ1v) is 15.8. The molecule has 1 fully saturated rings. The molecule has 0 spiro atoms. The fraction of sp³-hybridized carbons (Fsp3) is 0.471. The topological polar surface area (TPSA) is 107 Å². The molecule has 0 saturated carbocycles. The fourth-order valence-corrected chi connectivity index (χ4v) is 5.30. The highest BCUT2D eigenvalue weighted by molar-refractivity contribution is 7.15. The van der Waals surface area contributed by atoms with Crippen LogP contribution < -0.4 is 10.6 Å². The van der Waals surface area contributed by atoms with E-state index in [-0.39, 0.29) is 20.5 Å². The molecule has 2 N–H and O–H groups in total. The normalized spacial score (nSPS) is 15.4. The van der Waals surface area contributed by atoms with Crippen LogP contribution in [0.1, 0.15) is 73.4 Å². The van der Waals surface area contributed by atoms with Gasteiger partial charge in [-0.15, -0.1) is 11.3 Å². The van der Waals surface area contributed by atoms with Crippen LogP contribution in [0, 0.1) is 18.2 Å². The first kappa shape index (κ1) is 36.4. The van der Waals surface area contributed by atoms with Crippen molar-refractivity contribution in [1.29, 1.82) is 0 Å². The fourth-order valence-electron chi connectivity index (χ4n) is 4.44. The molecule has 1 aromatic heterocycles. The van der Waals surface area contributed by atoms with Crippen LogP contribution in [-0.4, -0.2) is 48.3 Å². The molecule has 244 valence electrons. The second kappa shape index (κ2) is 17.5. The number of aromatic nitrogens is 1. The van der Waals surface area contributed by atoms with E-state index in [2.05, 4.69) is 22.5 Å². The number of rotatable bonds is 8. The summed E-state index contributed by atoms with van der Waals surface area (Å²) in [4.78, 5) is 42.4. The third kappa shape index (κ3) is 11.0. The predicted octanol–water partition coefficient (Wildman–Crippen LogP) is 7.53. The molecule has 44 heavy (non-hydrogen) atoms. The molecular formula is C34H50FN3O5S. The molecule has 0 radical (unpaired) electrons. The second-order valence-corrected chi connectivity index (χ2v) is 12.4. The van der Waals surface area contributed by atoms with Gasteiger partial charge in [-0.05, 0) is 54.4 Å². The van der Waals surface area contributed by atoms with Crippen LogP contribution in [0.15, 0.2) is 54.7 Å². The van der Waals surface area contributed by atoms with E-state index in [0.717, 1.165) is 27.4 Å². The first-order chi connectivity index (χ1) is 20.9. The Morgan fingerprint density at radius 3 is 2.27 bits per heavy atom. The number of methoxy groups -OCH3 is 1. The number of nitrogens with zero attached hydrogens (tertiary/aromatic N) is 1. The second-order valence-electron chi connectivity index (χ2n) is 11.2. The Morgan fingerprint density at radius 2 is 1.80 bits per heavy atom. The number of carbonyl (C=O) groups excluding carboxylic acids is 3. The standard InChI is InChI=1S/C25H33N3O5S.C7H7F.C2H6.2H2/c1-6-20-26-14-19(34-20)16-9-7-15(8-10-16)13-17(18-11-12-21(29)33-18)27-23(30)22(25(2,3)4)28-24(31)32-5;1-6-4-2-3-5-7(6)8;1-2;;/h7-10,14,17-18,22H,6,11-13H2,1-5H3,(H,27,30)(H,28,31);2-5H,1H3;1-2H3;2*1H/t17-,18-,22+;;;;/m0..../s1. The minimum Gasteiger partial charge on any atom is -0.460 e. The summed E-state index contributed by atoms with van der Waals surface area (Å²) in [5.41, 5.74) is 2.24. The number of nitrogens with one attached hydrogen (secondary N) is 2. The van der Waals surface area contributed by atoms with Gasteiger partial charge in [-0.25, -0.2) is 14.2 Å². The average Bonchev–Trinajstić information content (AvgIpc) is 3.67. The first-order valence-electron chi connectivity index (χ1n) is 15.0. The maximum absolute atomic E-state index is 13.2. The van der Waals surface area contributed by atoms with E-state index in [4.69, 9.17) is 9.47 Å². The van der Waals surface area contributed by atoms with Crippen molar-refractivity contribution in [2.75, 3.05) is 7.11 Å². The molecule has 0 aliphatic carbocycles. The number of carbonyl (C=O) groups is 3. The smallest absolute Gasteiger partial charge is 0.407 e. The van der Waals surface area contributed by atoms with Crippen LogP contribution in [0.5, 0.6) is 0 Å². The van der Waals surface area contributed by atoms with Crippen LogP contribution in [0.2, 0.25) is 0 Å². The van der Waals surface area contributed by atoms with Crippen LogP contribution in [0.3, 0.4) is 0 Å². The maximum Gasteiger partial charge on any atom is 0.407 e. The largest absolute Gasteiger partial charge is 0.460 e. The highest BCUT2D eigenvalue weighted by Gasteiger charge is 2.37. The van der Waals surface area contributed by atoms with Gasteiger partial charge in [-0.3, -0.25) is 9.59 Å². The van der Waals surface area contributed by atoms with Gasteiger partial charge in [0.1, 0.15) is 18.0 Å². The Labute approximate surface area is 267 Å². The molecule has 2 heterocycles. The van der Waals surface area contributed by atoms with Crippen molar-refractivity contribution >= 4 is 29.3 Å². The highest BCUT2D eigenvalue weighted by Crippen LogP contribution is 2.28. The van der Waals surface area contributed by atoms with E-state index in [1.807, 2.05) is 71.1 Å². The van der Waals surface area contributed by atoms with E-state index in [1.54, 1.807) is 30.4 Å². The van der Waals surface area contributed by atoms with Gasteiger partial charge in [0.2, 0.25) is 5.91 Å². The van der Waals surface area contributed by atoms with Crippen molar-refractivity contribution in [2.45, 2.75) is 92.3 Å². The average molecular weight is 632 g/mol. The van der Waals surface area contributed by atoms with E-state index in [0.29, 0.717) is 24.8 Å². The Balaban J connectivity index is 0.00000145. The van der Waals surface area contributed by atoms with Crippen molar-refractivity contribution in [2.24, 2.45) is 5.41 Å². The van der Waals surface area contributed by atoms with E-state index < -0.39 is 29.7 Å². The van der Waals surface area contributed by atoms with Crippen LogP contribution in [0.4, 0.5) is 9.18 Å². The number of aryl methyl sites for hydroxylation is 2. The van der Waals surface area contributed by atoms with Crippen molar-refractivity contribution in [1.82, 2.24) is 15.6 Å². The molecule has 3 aromatic rings. The van der Waals surface area contributed by atoms with Gasteiger partial charge >= 0.3 is 12.1 Å². The summed E-state index contributed by atoms with van der Waals surface area (Å²) in [6, 6.07) is 13.6. The Bertz CT molecular complexity index is 1340. The van der Waals surface area contributed by atoms with E-state index in [9.17, 15) is 18.8 Å². The number of benzene rings is 2. The molecule has 10 heteroatoms. The van der Waals surface area contributed by atoms with Gasteiger partial charge in [0, 0.05) is 15.5 Å². The zero-order chi connectivity index (χ0) is 32.9. The zero-order valence-electron chi connectivity index (χ0n) is 27.0. The summed E-state index contributed by atoms with van der Waals surface area (Å²) < 4.78 is 22.5. The molecule has 1 aliphatic heterocycles. The number of cyclic esters (lactones) is 1. The minimum atomic E-state index is -0.818. The summed E-state index contributed by atoms with van der Waals surface area (Å²) in [7, 11) is 1.26. The van der Waals surface area contributed by atoms with Gasteiger partial charge in [-0.2, -0.15) is 0 Å². The van der Waals surface area contributed by atoms with Crippen LogP contribution in [0.25, 0.3) is 10.4 Å². The van der Waals surface area contributed by atoms with Crippen molar-refractivity contribution in [3.63, 3.8) is 0 Å². The van der Waals surface area contributed by atoms with Crippen LogP contribution in [-0.2, 0) is 31.9 Å². The number of ether oxygens (including phenoxy) is 2. The number of esters is 1. The molecule has 2 amide bonds. The molecule has 0 bridgehead atoms. The Hall–Kier alpha value is -3.79. The number of amides is 2. The van der Waals surface area contributed by atoms with Crippen LogP contribution >= 0.6 is 11.3 Å². The monoisotopic (exact) mass is 631 g/mol. The summed E-state index contributed by atoms with van der Waals surface area (Å²) in [6.07, 6.45) is 3.04. The Kier molecular flexibility index (Phi) is 14.5. The summed E-state index contributed by atoms with van der Waals surface area (Å²) >= 11 is 1.68. The minimum absolute atomic E-state index is 0. The van der Waals surface area contributed by atoms with Crippen molar-refractivity contribution in [3.8, 4) is 10.4 Å². The predicted molar refractivity (Wildman–Crippen MR) is 177 cm³/mol. The van der Waals surface area contributed by atoms with Gasteiger partial charge in [-0.1, -0.05) is 84.0 Å². The number of hydrogen-bond donors (Lipinski definition) is 2. The number of alkyl carbamates (subject to hydrolysis) is 1. The molecule has 2 aromatic carbocycles. The van der Waals surface area contributed by atoms with Gasteiger partial charge < -0.3 is 20.1 Å². The van der Waals surface area contributed by atoms with Crippen molar-refractivity contribution < 1.29 is 31.1 Å². The van der Waals surface area contributed by atoms with E-state index in [1.165, 1.54) is 13.2 Å². The molecular weight excluding hydrogens is 581 g/mol. The lowest BCUT2D eigenvalue weighted by atomic mass is 9.85. The number of halogens is 1. The molecule has 8 nitrogen and oxygen atoms in total. The SMILES string of the molecule is CC.CCc1ncc(-c2ccc(C[C@H](NC(=O)[C@@H](NC(=O)OC)C(C)(C)C)[C@@H]3CCC(=O)O3)cc2)s1.Cc1ccccc1F.[HH].[HH]. The highest BCUT2D eigenvalue weighted by atomic mass is 32.1. The number of thiazole rings is 1. The third-order valence-electron chi connectivity index (χ3n) is 6.89. The molecule has 1 saturated heterocycles. The maximum atomic E-state index is 13.2. The van der Waals surface area contributed by atoms with Gasteiger partial charge in [0.05, 0.1) is 23.0 Å².